The number of ether oxygens (including phenoxy) is 3. The van der Waals surface area contributed by atoms with Crippen LogP contribution in [-0.4, -0.2) is 66.6 Å². The van der Waals surface area contributed by atoms with Crippen LogP contribution in [0.2, 0.25) is 0 Å². The lowest BCUT2D eigenvalue weighted by Crippen LogP contribution is -2.48. The summed E-state index contributed by atoms with van der Waals surface area (Å²) < 4.78 is 18.4. The van der Waals surface area contributed by atoms with Crippen LogP contribution < -0.4 is 14.4 Å². The molecule has 196 valence electrons. The summed E-state index contributed by atoms with van der Waals surface area (Å²) in [5.41, 5.74) is 1.57. The van der Waals surface area contributed by atoms with Gasteiger partial charge < -0.3 is 29.1 Å². The number of carbonyl (C=O) groups excluding carboxylic acids is 1. The molecule has 8 nitrogen and oxygen atoms in total. The zero-order valence-corrected chi connectivity index (χ0v) is 21.6. The molecule has 0 bridgehead atoms. The van der Waals surface area contributed by atoms with Gasteiger partial charge in [0.05, 0.1) is 18.7 Å². The summed E-state index contributed by atoms with van der Waals surface area (Å²) in [5, 5.41) is 9.70. The second kappa shape index (κ2) is 8.65. The normalized spacial score (nSPS) is 28.5. The van der Waals surface area contributed by atoms with Crippen molar-refractivity contribution in [1.29, 1.82) is 0 Å². The number of carbonyl (C=O) groups is 2. The quantitative estimate of drug-likeness (QED) is 0.660. The van der Waals surface area contributed by atoms with Crippen molar-refractivity contribution < 1.29 is 28.9 Å². The fourth-order valence-electron chi connectivity index (χ4n) is 6.71. The number of benzene rings is 2. The van der Waals surface area contributed by atoms with Crippen molar-refractivity contribution in [3.63, 3.8) is 0 Å². The summed E-state index contributed by atoms with van der Waals surface area (Å²) in [6.45, 7) is 8.09. The SMILES string of the molecule is CC(C)(C)C1[C@@H](Oc2ccc3c(c2)OCC32C(=O)N(C[C@H]3CCCO3)c3ccccc32)CCN1C(=O)O. The van der Waals surface area contributed by atoms with Gasteiger partial charge in [-0.3, -0.25) is 4.79 Å². The minimum absolute atomic E-state index is 0.0253. The molecule has 0 radical (unpaired) electrons. The Morgan fingerprint density at radius 2 is 1.97 bits per heavy atom. The van der Waals surface area contributed by atoms with Gasteiger partial charge in [0.1, 0.15) is 29.6 Å². The lowest BCUT2D eigenvalue weighted by atomic mass is 9.77. The second-order valence-corrected chi connectivity index (χ2v) is 11.7. The van der Waals surface area contributed by atoms with Crippen LogP contribution in [0.5, 0.6) is 11.5 Å². The number of likely N-dealkylation sites (tertiary alicyclic amines) is 1. The van der Waals surface area contributed by atoms with Crippen LogP contribution in [0.25, 0.3) is 0 Å². The molecule has 2 aromatic carbocycles. The van der Waals surface area contributed by atoms with E-state index in [1.807, 2.05) is 68.1 Å². The van der Waals surface area contributed by atoms with E-state index in [1.54, 1.807) is 0 Å². The van der Waals surface area contributed by atoms with E-state index in [0.29, 0.717) is 31.0 Å². The van der Waals surface area contributed by atoms with E-state index in [9.17, 15) is 14.7 Å². The smallest absolute Gasteiger partial charge is 0.407 e. The van der Waals surface area contributed by atoms with Crippen LogP contribution in [0, 0.1) is 5.41 Å². The highest BCUT2D eigenvalue weighted by Crippen LogP contribution is 2.53. The summed E-state index contributed by atoms with van der Waals surface area (Å²) in [7, 11) is 0. The predicted molar refractivity (Wildman–Crippen MR) is 137 cm³/mol. The summed E-state index contributed by atoms with van der Waals surface area (Å²) in [6.07, 6.45) is 1.48. The number of carboxylic acid groups (broad SMARTS) is 1. The third kappa shape index (κ3) is 3.76. The lowest BCUT2D eigenvalue weighted by Gasteiger charge is -2.36. The highest BCUT2D eigenvalue weighted by atomic mass is 16.5. The molecule has 4 atom stereocenters. The van der Waals surface area contributed by atoms with Crippen LogP contribution in [0.4, 0.5) is 10.5 Å². The van der Waals surface area contributed by atoms with Crippen molar-refractivity contribution in [1.82, 2.24) is 4.90 Å². The van der Waals surface area contributed by atoms with Gasteiger partial charge >= 0.3 is 6.09 Å². The van der Waals surface area contributed by atoms with Gasteiger partial charge in [-0.1, -0.05) is 45.0 Å². The van der Waals surface area contributed by atoms with Gasteiger partial charge in [-0.25, -0.2) is 4.79 Å². The Kier molecular flexibility index (Phi) is 5.64. The number of hydrogen-bond acceptors (Lipinski definition) is 5. The number of nitrogens with zero attached hydrogens (tertiary/aromatic N) is 2. The van der Waals surface area contributed by atoms with E-state index in [4.69, 9.17) is 14.2 Å². The molecule has 2 saturated heterocycles. The Morgan fingerprint density at radius 3 is 2.70 bits per heavy atom. The fourth-order valence-corrected chi connectivity index (χ4v) is 6.71. The molecule has 37 heavy (non-hydrogen) atoms. The third-order valence-corrected chi connectivity index (χ3v) is 8.30. The average molecular weight is 507 g/mol. The number of rotatable bonds is 4. The van der Waals surface area contributed by atoms with Gasteiger partial charge in [-0.2, -0.15) is 0 Å². The van der Waals surface area contributed by atoms with E-state index >= 15 is 0 Å². The molecule has 0 aliphatic carbocycles. The van der Waals surface area contributed by atoms with Gasteiger partial charge in [0.25, 0.3) is 0 Å². The monoisotopic (exact) mass is 506 g/mol. The molecule has 4 heterocycles. The Morgan fingerprint density at radius 1 is 1.16 bits per heavy atom. The summed E-state index contributed by atoms with van der Waals surface area (Å²) in [6, 6.07) is 13.4. The molecule has 1 N–H and O–H groups in total. The van der Waals surface area contributed by atoms with E-state index in [1.165, 1.54) is 4.90 Å². The van der Waals surface area contributed by atoms with E-state index < -0.39 is 11.5 Å². The Hall–Kier alpha value is -3.26. The Balaban J connectivity index is 1.30. The molecule has 4 aliphatic rings. The first-order valence-corrected chi connectivity index (χ1v) is 13.2. The Labute approximate surface area is 217 Å². The standard InChI is InChI=1S/C29H34N2O6/c1-28(2,3)25-23(12-13-30(25)27(33)34)37-18-10-11-21-24(15-18)36-17-29(21)20-8-4-5-9-22(20)31(26(29)32)16-19-7-6-14-35-19/h4-5,8-11,15,19,23,25H,6-7,12-14,16-17H2,1-3H3,(H,33,34)/t19-,23+,25?,29?/m1/s1. The second-order valence-electron chi connectivity index (χ2n) is 11.7. The van der Waals surface area contributed by atoms with Gasteiger partial charge in [-0.05, 0) is 36.0 Å². The number of fused-ring (bicyclic) bond motifs is 4. The number of para-hydroxylation sites is 1. The topological polar surface area (TPSA) is 88.5 Å². The molecule has 2 unspecified atom stereocenters. The van der Waals surface area contributed by atoms with E-state index in [2.05, 4.69) is 0 Å². The summed E-state index contributed by atoms with van der Waals surface area (Å²) >= 11 is 0. The predicted octanol–water partition coefficient (Wildman–Crippen LogP) is 4.44. The molecule has 0 aromatic heterocycles. The summed E-state index contributed by atoms with van der Waals surface area (Å²) in [5.74, 6) is 1.29. The van der Waals surface area contributed by atoms with Crippen molar-refractivity contribution in [2.45, 2.75) is 63.7 Å². The maximum absolute atomic E-state index is 14.1. The average Bonchev–Trinajstić information content (AvgIpc) is 3.63. The van der Waals surface area contributed by atoms with Crippen LogP contribution in [0.3, 0.4) is 0 Å². The van der Waals surface area contributed by atoms with Crippen molar-refractivity contribution in [3.05, 3.63) is 53.6 Å². The van der Waals surface area contributed by atoms with Gasteiger partial charge in [-0.15, -0.1) is 0 Å². The number of amides is 2. The molecule has 6 rings (SSSR count). The minimum atomic E-state index is -0.920. The van der Waals surface area contributed by atoms with Crippen molar-refractivity contribution >= 4 is 17.7 Å². The first-order valence-electron chi connectivity index (χ1n) is 13.2. The molecule has 1 spiro atoms. The minimum Gasteiger partial charge on any atom is -0.491 e. The Bertz CT molecular complexity index is 1230. The zero-order valence-electron chi connectivity index (χ0n) is 21.6. The molecule has 2 aromatic rings. The lowest BCUT2D eigenvalue weighted by molar-refractivity contribution is -0.122. The van der Waals surface area contributed by atoms with Gasteiger partial charge in [0, 0.05) is 36.9 Å². The number of anilines is 1. The first kappa shape index (κ1) is 24.1. The third-order valence-electron chi connectivity index (χ3n) is 8.30. The largest absolute Gasteiger partial charge is 0.491 e. The summed E-state index contributed by atoms with van der Waals surface area (Å²) in [4.78, 5) is 29.2. The molecular weight excluding hydrogens is 472 g/mol. The molecule has 2 fully saturated rings. The maximum atomic E-state index is 14.1. The molecule has 4 aliphatic heterocycles. The molecule has 8 heteroatoms. The van der Waals surface area contributed by atoms with Crippen LogP contribution in [-0.2, 0) is 14.9 Å². The maximum Gasteiger partial charge on any atom is 0.407 e. The first-order chi connectivity index (χ1) is 17.7. The fraction of sp³-hybridized carbons (Fsp3) is 0.517. The highest BCUT2D eigenvalue weighted by molar-refractivity contribution is 6.11. The van der Waals surface area contributed by atoms with Crippen LogP contribution in [0.1, 0.15) is 51.2 Å². The zero-order chi connectivity index (χ0) is 25.9. The van der Waals surface area contributed by atoms with Crippen molar-refractivity contribution in [2.75, 3.05) is 31.2 Å². The van der Waals surface area contributed by atoms with Crippen molar-refractivity contribution in [2.24, 2.45) is 5.41 Å². The molecule has 2 amide bonds. The van der Waals surface area contributed by atoms with E-state index in [-0.39, 0.29) is 36.2 Å². The highest BCUT2D eigenvalue weighted by Gasteiger charge is 2.57. The van der Waals surface area contributed by atoms with Crippen LogP contribution >= 0.6 is 0 Å². The van der Waals surface area contributed by atoms with Crippen LogP contribution in [0.15, 0.2) is 42.5 Å². The van der Waals surface area contributed by atoms with Gasteiger partial charge in [0.2, 0.25) is 5.91 Å². The molecule has 0 saturated carbocycles. The number of hydrogen-bond donors (Lipinski definition) is 1. The van der Waals surface area contributed by atoms with E-state index in [0.717, 1.165) is 36.3 Å². The van der Waals surface area contributed by atoms with Gasteiger partial charge in [0.15, 0.2) is 0 Å². The molecular formula is C29H34N2O6. The van der Waals surface area contributed by atoms with Crippen molar-refractivity contribution in [3.8, 4) is 11.5 Å².